The Bertz CT molecular complexity index is 250. The highest BCUT2D eigenvalue weighted by atomic mass is 16.2. The van der Waals surface area contributed by atoms with Crippen LogP contribution in [0, 0.1) is 5.41 Å². The van der Waals surface area contributed by atoms with Crippen molar-refractivity contribution in [2.45, 2.75) is 12.5 Å². The molecule has 1 fully saturated rings. The Labute approximate surface area is 95.0 Å². The van der Waals surface area contributed by atoms with Gasteiger partial charge in [-0.2, -0.15) is 0 Å². The molecule has 0 bridgehead atoms. The molecule has 1 saturated heterocycles. The van der Waals surface area contributed by atoms with E-state index in [1.54, 1.807) is 4.90 Å². The Balaban J connectivity index is 2.26. The lowest BCUT2D eigenvalue weighted by molar-refractivity contribution is -0.133. The van der Waals surface area contributed by atoms with Crippen LogP contribution in [0.2, 0.25) is 0 Å². The molecule has 0 aliphatic carbocycles. The van der Waals surface area contributed by atoms with E-state index in [1.807, 2.05) is 0 Å². The molecule has 7 N–H and O–H groups in total. The summed E-state index contributed by atoms with van der Waals surface area (Å²) in [7, 11) is 0. The second kappa shape index (κ2) is 6.29. The van der Waals surface area contributed by atoms with Gasteiger partial charge in [0.1, 0.15) is 0 Å². The van der Waals surface area contributed by atoms with Gasteiger partial charge >= 0.3 is 0 Å². The molecule has 1 rings (SSSR count). The van der Waals surface area contributed by atoms with Gasteiger partial charge in [0.25, 0.3) is 0 Å². The number of guanidine groups is 1. The fourth-order valence-corrected chi connectivity index (χ4v) is 1.61. The van der Waals surface area contributed by atoms with Crippen molar-refractivity contribution in [2.75, 3.05) is 32.7 Å². The second-order valence-corrected chi connectivity index (χ2v) is 3.81. The SMILES string of the molecule is N=C(N)NCCC(N)C(=O)N1CCNCC1. The van der Waals surface area contributed by atoms with E-state index in [4.69, 9.17) is 16.9 Å². The lowest BCUT2D eigenvalue weighted by Gasteiger charge is -2.29. The third-order valence-electron chi connectivity index (χ3n) is 2.52. The molecular weight excluding hydrogens is 208 g/mol. The standard InChI is InChI=1S/C9H20N6O/c10-7(1-2-14-9(11)12)8(16)15-5-3-13-4-6-15/h7,13H,1-6,10H2,(H4,11,12,14). The van der Waals surface area contributed by atoms with Gasteiger partial charge < -0.3 is 27.0 Å². The third-order valence-corrected chi connectivity index (χ3v) is 2.52. The zero-order chi connectivity index (χ0) is 12.0. The van der Waals surface area contributed by atoms with Gasteiger partial charge in [0, 0.05) is 32.7 Å². The van der Waals surface area contributed by atoms with E-state index in [9.17, 15) is 4.79 Å². The number of nitrogens with one attached hydrogen (secondary N) is 3. The van der Waals surface area contributed by atoms with Crippen LogP contribution in [0.15, 0.2) is 0 Å². The van der Waals surface area contributed by atoms with E-state index in [-0.39, 0.29) is 11.9 Å². The first-order valence-corrected chi connectivity index (χ1v) is 5.44. The maximum absolute atomic E-state index is 11.8. The number of nitrogens with two attached hydrogens (primary N) is 2. The lowest BCUT2D eigenvalue weighted by atomic mass is 10.2. The second-order valence-electron chi connectivity index (χ2n) is 3.81. The molecule has 0 radical (unpaired) electrons. The van der Waals surface area contributed by atoms with Crippen LogP contribution in [0.4, 0.5) is 0 Å². The normalized spacial score (nSPS) is 17.9. The summed E-state index contributed by atoms with van der Waals surface area (Å²) in [6, 6.07) is -0.509. The highest BCUT2D eigenvalue weighted by molar-refractivity contribution is 5.82. The van der Waals surface area contributed by atoms with Crippen LogP contribution in [0.3, 0.4) is 0 Å². The van der Waals surface area contributed by atoms with Gasteiger partial charge in [-0.15, -0.1) is 0 Å². The van der Waals surface area contributed by atoms with Gasteiger partial charge in [0.15, 0.2) is 5.96 Å². The summed E-state index contributed by atoms with van der Waals surface area (Å²) in [6.45, 7) is 3.53. The largest absolute Gasteiger partial charge is 0.370 e. The number of amides is 1. The van der Waals surface area contributed by atoms with Crippen LogP contribution in [-0.4, -0.2) is 55.5 Å². The molecule has 0 aromatic heterocycles. The van der Waals surface area contributed by atoms with E-state index >= 15 is 0 Å². The van der Waals surface area contributed by atoms with E-state index in [2.05, 4.69) is 10.6 Å². The summed E-state index contributed by atoms with van der Waals surface area (Å²) >= 11 is 0. The summed E-state index contributed by atoms with van der Waals surface area (Å²) < 4.78 is 0. The molecule has 7 heteroatoms. The van der Waals surface area contributed by atoms with Gasteiger partial charge in [0.05, 0.1) is 6.04 Å². The molecule has 1 aliphatic rings. The maximum Gasteiger partial charge on any atom is 0.239 e. The fourth-order valence-electron chi connectivity index (χ4n) is 1.61. The molecule has 1 unspecified atom stereocenters. The molecule has 1 heterocycles. The molecular formula is C9H20N6O. The van der Waals surface area contributed by atoms with Crippen LogP contribution in [0.25, 0.3) is 0 Å². The van der Waals surface area contributed by atoms with Crippen molar-refractivity contribution in [3.05, 3.63) is 0 Å². The Morgan fingerprint density at radius 2 is 2.12 bits per heavy atom. The van der Waals surface area contributed by atoms with E-state index in [1.165, 1.54) is 0 Å². The molecule has 1 aliphatic heterocycles. The number of nitrogens with zero attached hydrogens (tertiary/aromatic N) is 1. The number of rotatable bonds is 4. The van der Waals surface area contributed by atoms with Crippen molar-refractivity contribution >= 4 is 11.9 Å². The average molecular weight is 228 g/mol. The monoisotopic (exact) mass is 228 g/mol. The van der Waals surface area contributed by atoms with E-state index in [0.717, 1.165) is 13.1 Å². The number of piperazine rings is 1. The zero-order valence-electron chi connectivity index (χ0n) is 9.33. The van der Waals surface area contributed by atoms with Crippen molar-refractivity contribution in [1.82, 2.24) is 15.5 Å². The van der Waals surface area contributed by atoms with Crippen molar-refractivity contribution in [3.8, 4) is 0 Å². The van der Waals surface area contributed by atoms with Crippen molar-refractivity contribution < 1.29 is 4.79 Å². The topological polar surface area (TPSA) is 120 Å². The Hall–Kier alpha value is -1.34. The molecule has 0 saturated carbocycles. The Morgan fingerprint density at radius 1 is 1.50 bits per heavy atom. The predicted octanol–water partition coefficient (Wildman–Crippen LogP) is -2.38. The molecule has 1 amide bonds. The highest BCUT2D eigenvalue weighted by Crippen LogP contribution is 1.98. The smallest absolute Gasteiger partial charge is 0.239 e. The minimum atomic E-state index is -0.509. The number of carbonyl (C=O) groups excluding carboxylic acids is 1. The summed E-state index contributed by atoms with van der Waals surface area (Å²) in [6.07, 6.45) is 0.488. The number of hydrogen-bond donors (Lipinski definition) is 5. The predicted molar refractivity (Wildman–Crippen MR) is 62.0 cm³/mol. The Kier molecular flexibility index (Phi) is 5.00. The first-order chi connectivity index (χ1) is 7.61. The molecule has 0 aromatic rings. The molecule has 0 spiro atoms. The van der Waals surface area contributed by atoms with Crippen LogP contribution in [0.1, 0.15) is 6.42 Å². The minimum absolute atomic E-state index is 0.0214. The minimum Gasteiger partial charge on any atom is -0.370 e. The maximum atomic E-state index is 11.8. The zero-order valence-corrected chi connectivity index (χ0v) is 9.33. The summed E-state index contributed by atoms with van der Waals surface area (Å²) in [5.41, 5.74) is 10.9. The number of hydrogen-bond acceptors (Lipinski definition) is 4. The van der Waals surface area contributed by atoms with Crippen LogP contribution >= 0.6 is 0 Å². The Morgan fingerprint density at radius 3 is 2.69 bits per heavy atom. The molecule has 16 heavy (non-hydrogen) atoms. The third kappa shape index (κ3) is 4.03. The first kappa shape index (κ1) is 12.7. The van der Waals surface area contributed by atoms with E-state index in [0.29, 0.717) is 26.1 Å². The summed E-state index contributed by atoms with van der Waals surface area (Å²) in [5, 5.41) is 12.8. The molecule has 7 nitrogen and oxygen atoms in total. The van der Waals surface area contributed by atoms with Crippen molar-refractivity contribution in [2.24, 2.45) is 11.5 Å². The molecule has 1 atom stereocenters. The van der Waals surface area contributed by atoms with Crippen molar-refractivity contribution in [1.29, 1.82) is 5.41 Å². The van der Waals surface area contributed by atoms with Gasteiger partial charge in [-0.1, -0.05) is 0 Å². The average Bonchev–Trinajstić information content (AvgIpc) is 2.28. The highest BCUT2D eigenvalue weighted by Gasteiger charge is 2.21. The van der Waals surface area contributed by atoms with E-state index < -0.39 is 6.04 Å². The van der Waals surface area contributed by atoms with Crippen LogP contribution in [-0.2, 0) is 4.79 Å². The van der Waals surface area contributed by atoms with Crippen molar-refractivity contribution in [3.63, 3.8) is 0 Å². The van der Waals surface area contributed by atoms with Gasteiger partial charge in [0.2, 0.25) is 5.91 Å². The quantitative estimate of drug-likeness (QED) is 0.272. The summed E-state index contributed by atoms with van der Waals surface area (Å²) in [4.78, 5) is 13.6. The van der Waals surface area contributed by atoms with Crippen LogP contribution < -0.4 is 22.1 Å². The first-order valence-electron chi connectivity index (χ1n) is 5.44. The fraction of sp³-hybridized carbons (Fsp3) is 0.778. The van der Waals surface area contributed by atoms with Crippen LogP contribution in [0.5, 0.6) is 0 Å². The van der Waals surface area contributed by atoms with Gasteiger partial charge in [-0.25, -0.2) is 0 Å². The number of carbonyl (C=O) groups is 1. The summed E-state index contributed by atoms with van der Waals surface area (Å²) in [5.74, 6) is -0.117. The lowest BCUT2D eigenvalue weighted by Crippen LogP contribution is -2.52. The van der Waals surface area contributed by atoms with Gasteiger partial charge in [-0.05, 0) is 6.42 Å². The van der Waals surface area contributed by atoms with Gasteiger partial charge in [-0.3, -0.25) is 10.2 Å². The molecule has 0 aromatic carbocycles. The molecule has 92 valence electrons.